The summed E-state index contributed by atoms with van der Waals surface area (Å²) in [6, 6.07) is 0. The number of unbranched alkanes of at least 4 members (excludes halogenated alkanes) is 4. The van der Waals surface area contributed by atoms with Gasteiger partial charge in [-0.25, -0.2) is 0 Å². The molecule has 1 heteroatoms. The molecule has 0 heterocycles. The molecule has 0 aliphatic rings. The molecule has 1 radical (unpaired) electrons. The van der Waals surface area contributed by atoms with Crippen LogP contribution in [0.3, 0.4) is 0 Å². The van der Waals surface area contributed by atoms with Crippen LogP contribution < -0.4 is 0 Å². The summed E-state index contributed by atoms with van der Waals surface area (Å²) < 4.78 is 0. The van der Waals surface area contributed by atoms with E-state index in [1.54, 1.807) is 0 Å². The molecule has 0 amide bonds. The normalized spacial score (nSPS) is 13.4. The molecule has 0 aromatic rings. The molecule has 0 bridgehead atoms. The van der Waals surface area contributed by atoms with Crippen LogP contribution in [0, 0.1) is 6.92 Å². The van der Waals surface area contributed by atoms with Gasteiger partial charge in [-0.2, -0.15) is 0 Å². The summed E-state index contributed by atoms with van der Waals surface area (Å²) >= 11 is 3.58. The monoisotopic (exact) mass is 219 g/mol. The molecule has 1 atom stereocenters. The van der Waals surface area contributed by atoms with Crippen LogP contribution >= 0.6 is 15.9 Å². The molecular weight excluding hydrogens is 200 g/mol. The Bertz CT molecular complexity index is 71.3. The van der Waals surface area contributed by atoms with Gasteiger partial charge in [0.1, 0.15) is 0 Å². The first-order valence-corrected chi connectivity index (χ1v) is 5.66. The average Bonchev–Trinajstić information content (AvgIpc) is 2.04. The molecule has 0 aliphatic carbocycles. The van der Waals surface area contributed by atoms with Gasteiger partial charge in [-0.05, 0) is 12.8 Å². The SMILES string of the molecule is [CH2]CC(Br)CCCCCCC. The number of alkyl halides is 1. The Kier molecular flexibility index (Phi) is 8.95. The van der Waals surface area contributed by atoms with Gasteiger partial charge in [-0.15, -0.1) is 0 Å². The molecule has 0 fully saturated rings. The highest BCUT2D eigenvalue weighted by molar-refractivity contribution is 9.09. The number of hydrogen-bond donors (Lipinski definition) is 0. The lowest BCUT2D eigenvalue weighted by molar-refractivity contribution is 0.600. The Morgan fingerprint density at radius 3 is 2.36 bits per heavy atom. The van der Waals surface area contributed by atoms with Gasteiger partial charge < -0.3 is 0 Å². The zero-order chi connectivity index (χ0) is 8.53. The fraction of sp³-hybridized carbons (Fsp3) is 0.900. The largest absolute Gasteiger partial charge is 0.0891 e. The Morgan fingerprint density at radius 2 is 1.82 bits per heavy atom. The van der Waals surface area contributed by atoms with E-state index < -0.39 is 0 Å². The zero-order valence-corrected chi connectivity index (χ0v) is 9.20. The minimum Gasteiger partial charge on any atom is -0.0891 e. The number of rotatable bonds is 7. The second-order valence-electron chi connectivity index (χ2n) is 3.09. The number of hydrogen-bond acceptors (Lipinski definition) is 0. The zero-order valence-electron chi connectivity index (χ0n) is 7.61. The second kappa shape index (κ2) is 8.58. The van der Waals surface area contributed by atoms with Gasteiger partial charge in [-0.1, -0.05) is 61.9 Å². The van der Waals surface area contributed by atoms with E-state index in [1.807, 2.05) is 0 Å². The van der Waals surface area contributed by atoms with Crippen molar-refractivity contribution in [3.63, 3.8) is 0 Å². The first kappa shape index (κ1) is 11.5. The Labute approximate surface area is 79.9 Å². The van der Waals surface area contributed by atoms with Crippen molar-refractivity contribution < 1.29 is 0 Å². The molecule has 0 aromatic carbocycles. The summed E-state index contributed by atoms with van der Waals surface area (Å²) in [4.78, 5) is 0.657. The molecule has 0 N–H and O–H groups in total. The molecule has 0 aromatic heterocycles. The standard InChI is InChI=1S/C10H20Br/c1-3-5-6-7-8-9-10(11)4-2/h10H,2-9H2,1H3. The molecule has 0 saturated carbocycles. The molecule has 1 unspecified atom stereocenters. The average molecular weight is 220 g/mol. The predicted molar refractivity (Wildman–Crippen MR) is 56.1 cm³/mol. The topological polar surface area (TPSA) is 0 Å². The molecule has 0 aliphatic heterocycles. The van der Waals surface area contributed by atoms with E-state index >= 15 is 0 Å². The third kappa shape index (κ3) is 8.39. The van der Waals surface area contributed by atoms with Crippen molar-refractivity contribution in [2.75, 3.05) is 0 Å². The van der Waals surface area contributed by atoms with Crippen LogP contribution in [0.15, 0.2) is 0 Å². The van der Waals surface area contributed by atoms with Gasteiger partial charge in [0, 0.05) is 4.83 Å². The van der Waals surface area contributed by atoms with Gasteiger partial charge in [0.15, 0.2) is 0 Å². The summed E-state index contributed by atoms with van der Waals surface area (Å²) in [7, 11) is 0. The van der Waals surface area contributed by atoms with Crippen LogP contribution in [0.1, 0.15) is 51.9 Å². The first-order chi connectivity index (χ1) is 5.31. The molecule has 0 rings (SSSR count). The maximum atomic E-state index is 3.85. The lowest BCUT2D eigenvalue weighted by Crippen LogP contribution is -1.94. The summed E-state index contributed by atoms with van der Waals surface area (Å²) in [5, 5.41) is 0. The molecule has 0 nitrogen and oxygen atoms in total. The van der Waals surface area contributed by atoms with E-state index in [-0.39, 0.29) is 0 Å². The Morgan fingerprint density at radius 1 is 1.18 bits per heavy atom. The van der Waals surface area contributed by atoms with E-state index in [0.29, 0.717) is 4.83 Å². The minimum absolute atomic E-state index is 0.657. The van der Waals surface area contributed by atoms with Crippen molar-refractivity contribution in [1.29, 1.82) is 0 Å². The molecule has 0 saturated heterocycles. The van der Waals surface area contributed by atoms with Gasteiger partial charge in [-0.3, -0.25) is 0 Å². The molecular formula is C10H20Br. The van der Waals surface area contributed by atoms with Crippen LogP contribution in [0.4, 0.5) is 0 Å². The van der Waals surface area contributed by atoms with Crippen molar-refractivity contribution in [1.82, 2.24) is 0 Å². The lowest BCUT2D eigenvalue weighted by Gasteiger charge is -2.04. The minimum atomic E-state index is 0.657. The fourth-order valence-electron chi connectivity index (χ4n) is 1.11. The van der Waals surface area contributed by atoms with Crippen LogP contribution in [0.25, 0.3) is 0 Å². The van der Waals surface area contributed by atoms with Crippen molar-refractivity contribution in [3.8, 4) is 0 Å². The summed E-state index contributed by atoms with van der Waals surface area (Å²) in [5.74, 6) is 0. The maximum absolute atomic E-state index is 3.85. The van der Waals surface area contributed by atoms with E-state index in [2.05, 4.69) is 29.8 Å². The third-order valence-corrected chi connectivity index (χ3v) is 2.85. The maximum Gasteiger partial charge on any atom is 0.0145 e. The summed E-state index contributed by atoms with van der Waals surface area (Å²) in [5.41, 5.74) is 0. The highest BCUT2D eigenvalue weighted by Crippen LogP contribution is 2.14. The summed E-state index contributed by atoms with van der Waals surface area (Å²) in [6.45, 7) is 6.11. The fourth-order valence-corrected chi connectivity index (χ4v) is 1.44. The van der Waals surface area contributed by atoms with E-state index in [1.165, 1.54) is 38.5 Å². The first-order valence-electron chi connectivity index (χ1n) is 4.74. The van der Waals surface area contributed by atoms with E-state index in [4.69, 9.17) is 0 Å². The highest BCUT2D eigenvalue weighted by Gasteiger charge is 1.98. The van der Waals surface area contributed by atoms with Crippen molar-refractivity contribution in [3.05, 3.63) is 6.92 Å². The van der Waals surface area contributed by atoms with Gasteiger partial charge in [0.25, 0.3) is 0 Å². The highest BCUT2D eigenvalue weighted by atomic mass is 79.9. The summed E-state index contributed by atoms with van der Waals surface area (Å²) in [6.07, 6.45) is 9.24. The van der Waals surface area contributed by atoms with Crippen LogP contribution in [-0.4, -0.2) is 4.83 Å². The van der Waals surface area contributed by atoms with Crippen LogP contribution in [0.2, 0.25) is 0 Å². The van der Waals surface area contributed by atoms with Crippen LogP contribution in [0.5, 0.6) is 0 Å². The Hall–Kier alpha value is 0.480. The lowest BCUT2D eigenvalue weighted by atomic mass is 10.1. The van der Waals surface area contributed by atoms with Gasteiger partial charge in [0.2, 0.25) is 0 Å². The quantitative estimate of drug-likeness (QED) is 0.442. The molecule has 67 valence electrons. The van der Waals surface area contributed by atoms with E-state index in [9.17, 15) is 0 Å². The van der Waals surface area contributed by atoms with E-state index in [0.717, 1.165) is 6.42 Å². The van der Waals surface area contributed by atoms with Crippen molar-refractivity contribution >= 4 is 15.9 Å². The Balaban J connectivity index is 2.89. The number of halogens is 1. The van der Waals surface area contributed by atoms with Crippen LogP contribution in [-0.2, 0) is 0 Å². The third-order valence-electron chi connectivity index (χ3n) is 1.93. The smallest absolute Gasteiger partial charge is 0.0145 e. The predicted octanol–water partition coefficient (Wildman–Crippen LogP) is 4.33. The van der Waals surface area contributed by atoms with Gasteiger partial charge >= 0.3 is 0 Å². The van der Waals surface area contributed by atoms with Gasteiger partial charge in [0.05, 0.1) is 0 Å². The second-order valence-corrected chi connectivity index (χ2v) is 4.38. The van der Waals surface area contributed by atoms with Crippen molar-refractivity contribution in [2.45, 2.75) is 56.7 Å². The molecule has 11 heavy (non-hydrogen) atoms. The molecule has 0 spiro atoms. The van der Waals surface area contributed by atoms with Crippen molar-refractivity contribution in [2.24, 2.45) is 0 Å².